The number of aromatic nitrogens is 1. The summed E-state index contributed by atoms with van der Waals surface area (Å²) in [4.78, 5) is 11.2. The number of carbonyl (C=O) groups excluding carboxylic acids is 1. The number of carbonyl (C=O) groups is 1. The van der Waals surface area contributed by atoms with Crippen LogP contribution in [0, 0.1) is 6.92 Å². The van der Waals surface area contributed by atoms with Gasteiger partial charge in [0, 0.05) is 24.5 Å². The van der Waals surface area contributed by atoms with Crippen molar-refractivity contribution in [1.29, 1.82) is 0 Å². The van der Waals surface area contributed by atoms with Gasteiger partial charge in [0.15, 0.2) is 5.78 Å². The molecule has 1 aromatic heterocycles. The molecule has 0 aliphatic heterocycles. The lowest BCUT2D eigenvalue weighted by molar-refractivity contribution is 0.101. The Morgan fingerprint density at radius 1 is 1.54 bits per heavy atom. The molecule has 0 aliphatic carbocycles. The van der Waals surface area contributed by atoms with Crippen molar-refractivity contribution in [2.24, 2.45) is 7.05 Å². The number of allylic oxidation sites excluding steroid dienone is 1. The monoisotopic (exact) mass is 177 g/mol. The number of hydrogen-bond acceptors (Lipinski definition) is 1. The molecular formula is C11H15NO. The van der Waals surface area contributed by atoms with E-state index in [0.29, 0.717) is 0 Å². The lowest BCUT2D eigenvalue weighted by Gasteiger charge is -1.97. The summed E-state index contributed by atoms with van der Waals surface area (Å²) in [5.41, 5.74) is 2.98. The predicted octanol–water partition coefficient (Wildman–Crippen LogP) is 2.57. The van der Waals surface area contributed by atoms with E-state index in [9.17, 15) is 4.79 Å². The molecule has 0 saturated heterocycles. The standard InChI is InChI=1S/C11H15NO/c1-5-6-11-8(2)10(9(3)13)7-12(11)4/h5-7H,1-4H3/b6-5-. The Kier molecular flexibility index (Phi) is 2.71. The Morgan fingerprint density at radius 2 is 2.15 bits per heavy atom. The van der Waals surface area contributed by atoms with E-state index in [0.717, 1.165) is 16.8 Å². The minimum absolute atomic E-state index is 0.129. The molecule has 1 rings (SSSR count). The minimum atomic E-state index is 0.129. The maximum Gasteiger partial charge on any atom is 0.161 e. The normalized spacial score (nSPS) is 11.1. The van der Waals surface area contributed by atoms with Crippen LogP contribution in [0.1, 0.15) is 35.5 Å². The van der Waals surface area contributed by atoms with Gasteiger partial charge >= 0.3 is 0 Å². The van der Waals surface area contributed by atoms with Gasteiger partial charge in [-0.05, 0) is 32.4 Å². The molecule has 0 N–H and O–H groups in total. The van der Waals surface area contributed by atoms with Gasteiger partial charge in [-0.2, -0.15) is 0 Å². The fourth-order valence-electron chi connectivity index (χ4n) is 1.52. The fourth-order valence-corrected chi connectivity index (χ4v) is 1.52. The van der Waals surface area contributed by atoms with Crippen LogP contribution in [0.3, 0.4) is 0 Å². The van der Waals surface area contributed by atoms with Crippen LogP contribution in [0.4, 0.5) is 0 Å². The molecule has 2 nitrogen and oxygen atoms in total. The molecule has 0 amide bonds. The van der Waals surface area contributed by atoms with E-state index in [1.807, 2.05) is 43.8 Å². The predicted molar refractivity (Wildman–Crippen MR) is 54.9 cm³/mol. The second-order valence-electron chi connectivity index (χ2n) is 3.22. The van der Waals surface area contributed by atoms with Crippen molar-refractivity contribution in [2.75, 3.05) is 0 Å². The molecule has 0 spiro atoms. The number of rotatable bonds is 2. The van der Waals surface area contributed by atoms with Gasteiger partial charge < -0.3 is 4.57 Å². The van der Waals surface area contributed by atoms with E-state index in [2.05, 4.69) is 0 Å². The molecule has 70 valence electrons. The lowest BCUT2D eigenvalue weighted by atomic mass is 10.1. The molecule has 1 aromatic rings. The summed E-state index contributed by atoms with van der Waals surface area (Å²) in [5.74, 6) is 0.129. The molecule has 0 saturated carbocycles. The van der Waals surface area contributed by atoms with Crippen LogP contribution < -0.4 is 0 Å². The Bertz CT molecular complexity index is 358. The average Bonchev–Trinajstić information content (AvgIpc) is 2.32. The Balaban J connectivity index is 3.30. The van der Waals surface area contributed by atoms with Gasteiger partial charge in [0.2, 0.25) is 0 Å². The number of ketones is 1. The summed E-state index contributed by atoms with van der Waals surface area (Å²) in [6.07, 6.45) is 5.88. The molecular weight excluding hydrogens is 162 g/mol. The highest BCUT2D eigenvalue weighted by atomic mass is 16.1. The van der Waals surface area contributed by atoms with Crippen molar-refractivity contribution in [2.45, 2.75) is 20.8 Å². The summed E-state index contributed by atoms with van der Waals surface area (Å²) in [6.45, 7) is 5.55. The van der Waals surface area contributed by atoms with Crippen LogP contribution in [0.15, 0.2) is 12.3 Å². The van der Waals surface area contributed by atoms with Gasteiger partial charge in [-0.25, -0.2) is 0 Å². The summed E-state index contributed by atoms with van der Waals surface area (Å²) in [5, 5.41) is 0. The topological polar surface area (TPSA) is 22.0 Å². The number of hydrogen-bond donors (Lipinski definition) is 0. The Labute approximate surface area is 78.9 Å². The van der Waals surface area contributed by atoms with Gasteiger partial charge in [-0.3, -0.25) is 4.79 Å². The van der Waals surface area contributed by atoms with Crippen LogP contribution in [0.25, 0.3) is 6.08 Å². The third-order valence-electron chi connectivity index (χ3n) is 2.19. The summed E-state index contributed by atoms with van der Waals surface area (Å²) >= 11 is 0. The number of Topliss-reactive ketones (excluding diaryl/α,β-unsaturated/α-hetero) is 1. The van der Waals surface area contributed by atoms with Crippen molar-refractivity contribution in [3.8, 4) is 0 Å². The van der Waals surface area contributed by atoms with Gasteiger partial charge in [0.1, 0.15) is 0 Å². The van der Waals surface area contributed by atoms with Crippen molar-refractivity contribution >= 4 is 11.9 Å². The Hall–Kier alpha value is -1.31. The first-order valence-corrected chi connectivity index (χ1v) is 4.37. The van der Waals surface area contributed by atoms with E-state index in [1.165, 1.54) is 0 Å². The molecule has 0 bridgehead atoms. The molecule has 0 fully saturated rings. The second kappa shape index (κ2) is 3.60. The largest absolute Gasteiger partial charge is 0.350 e. The molecule has 0 aromatic carbocycles. The maximum absolute atomic E-state index is 11.2. The maximum atomic E-state index is 11.2. The summed E-state index contributed by atoms with van der Waals surface area (Å²) in [6, 6.07) is 0. The van der Waals surface area contributed by atoms with Gasteiger partial charge in [-0.15, -0.1) is 0 Å². The fraction of sp³-hybridized carbons (Fsp3) is 0.364. The van der Waals surface area contributed by atoms with Crippen molar-refractivity contribution in [3.05, 3.63) is 29.1 Å². The zero-order valence-corrected chi connectivity index (χ0v) is 8.59. The molecule has 2 heteroatoms. The highest BCUT2D eigenvalue weighted by Gasteiger charge is 2.10. The van der Waals surface area contributed by atoms with Gasteiger partial charge in [0.25, 0.3) is 0 Å². The molecule has 0 atom stereocenters. The van der Waals surface area contributed by atoms with E-state index in [4.69, 9.17) is 0 Å². The first-order chi connectivity index (χ1) is 6.07. The highest BCUT2D eigenvalue weighted by Crippen LogP contribution is 2.17. The van der Waals surface area contributed by atoms with Gasteiger partial charge in [-0.1, -0.05) is 6.08 Å². The van der Waals surface area contributed by atoms with Crippen molar-refractivity contribution < 1.29 is 4.79 Å². The van der Waals surface area contributed by atoms with Crippen molar-refractivity contribution in [1.82, 2.24) is 4.57 Å². The highest BCUT2D eigenvalue weighted by molar-refractivity contribution is 5.96. The third kappa shape index (κ3) is 1.72. The van der Waals surface area contributed by atoms with Gasteiger partial charge in [0.05, 0.1) is 0 Å². The van der Waals surface area contributed by atoms with E-state index < -0.39 is 0 Å². The van der Waals surface area contributed by atoms with Crippen LogP contribution in [0.2, 0.25) is 0 Å². The van der Waals surface area contributed by atoms with Crippen LogP contribution >= 0.6 is 0 Å². The average molecular weight is 177 g/mol. The summed E-state index contributed by atoms with van der Waals surface area (Å²) < 4.78 is 1.98. The lowest BCUT2D eigenvalue weighted by Crippen LogP contribution is -1.91. The molecule has 1 heterocycles. The third-order valence-corrected chi connectivity index (χ3v) is 2.19. The van der Waals surface area contributed by atoms with Crippen molar-refractivity contribution in [3.63, 3.8) is 0 Å². The van der Waals surface area contributed by atoms with E-state index >= 15 is 0 Å². The summed E-state index contributed by atoms with van der Waals surface area (Å²) in [7, 11) is 1.95. The van der Waals surface area contributed by atoms with Crippen LogP contribution in [0.5, 0.6) is 0 Å². The zero-order valence-electron chi connectivity index (χ0n) is 8.59. The quantitative estimate of drug-likeness (QED) is 0.636. The molecule has 0 unspecified atom stereocenters. The molecule has 13 heavy (non-hydrogen) atoms. The molecule has 0 aliphatic rings. The number of nitrogens with zero attached hydrogens (tertiary/aromatic N) is 1. The SMILES string of the molecule is C/C=C\c1c(C)c(C(C)=O)cn1C. The smallest absolute Gasteiger partial charge is 0.161 e. The first-order valence-electron chi connectivity index (χ1n) is 4.37. The van der Waals surface area contributed by atoms with Crippen LogP contribution in [-0.2, 0) is 7.05 Å². The van der Waals surface area contributed by atoms with Crippen LogP contribution in [-0.4, -0.2) is 10.4 Å². The van der Waals surface area contributed by atoms with E-state index in [-0.39, 0.29) is 5.78 Å². The first kappa shape index (κ1) is 9.78. The minimum Gasteiger partial charge on any atom is -0.350 e. The number of aryl methyl sites for hydroxylation is 1. The molecule has 0 radical (unpaired) electrons. The Morgan fingerprint density at radius 3 is 2.54 bits per heavy atom. The second-order valence-corrected chi connectivity index (χ2v) is 3.22. The zero-order chi connectivity index (χ0) is 10.0. The van der Waals surface area contributed by atoms with E-state index in [1.54, 1.807) is 6.92 Å².